The SMILES string of the molecule is Cc1cccc(CC(=O)Nc2nc(C(C)N)cs2)c1. The highest BCUT2D eigenvalue weighted by molar-refractivity contribution is 7.13. The van der Waals surface area contributed by atoms with Crippen molar-refractivity contribution >= 4 is 22.4 Å². The number of thiazole rings is 1. The summed E-state index contributed by atoms with van der Waals surface area (Å²) < 4.78 is 0. The monoisotopic (exact) mass is 275 g/mol. The summed E-state index contributed by atoms with van der Waals surface area (Å²) in [6.45, 7) is 3.88. The zero-order chi connectivity index (χ0) is 13.8. The van der Waals surface area contributed by atoms with Crippen LogP contribution in [0.25, 0.3) is 0 Å². The van der Waals surface area contributed by atoms with Crippen LogP contribution in [-0.4, -0.2) is 10.9 Å². The Kier molecular flexibility index (Phi) is 4.29. The van der Waals surface area contributed by atoms with Crippen molar-refractivity contribution in [3.63, 3.8) is 0 Å². The van der Waals surface area contributed by atoms with E-state index in [4.69, 9.17) is 5.73 Å². The Balaban J connectivity index is 1.97. The average molecular weight is 275 g/mol. The first-order valence-corrected chi connectivity index (χ1v) is 6.99. The minimum atomic E-state index is -0.112. The summed E-state index contributed by atoms with van der Waals surface area (Å²) in [5.74, 6) is -0.0591. The second-order valence-electron chi connectivity index (χ2n) is 4.58. The van der Waals surface area contributed by atoms with E-state index in [9.17, 15) is 4.79 Å². The van der Waals surface area contributed by atoms with Gasteiger partial charge in [0.1, 0.15) is 0 Å². The molecule has 4 nitrogen and oxygen atoms in total. The molecule has 0 saturated carbocycles. The summed E-state index contributed by atoms with van der Waals surface area (Å²) in [7, 11) is 0. The van der Waals surface area contributed by atoms with Crippen LogP contribution in [0.5, 0.6) is 0 Å². The van der Waals surface area contributed by atoms with Crippen molar-refractivity contribution in [2.75, 3.05) is 5.32 Å². The van der Waals surface area contributed by atoms with Crippen molar-refractivity contribution in [2.45, 2.75) is 26.3 Å². The van der Waals surface area contributed by atoms with Crippen molar-refractivity contribution in [1.82, 2.24) is 4.98 Å². The van der Waals surface area contributed by atoms with Gasteiger partial charge in [-0.25, -0.2) is 4.98 Å². The van der Waals surface area contributed by atoms with E-state index >= 15 is 0 Å². The third kappa shape index (κ3) is 3.87. The van der Waals surface area contributed by atoms with Gasteiger partial charge in [0.05, 0.1) is 12.1 Å². The highest BCUT2D eigenvalue weighted by Crippen LogP contribution is 2.19. The van der Waals surface area contributed by atoms with Gasteiger partial charge in [-0.15, -0.1) is 11.3 Å². The first-order chi connectivity index (χ1) is 9.04. The molecule has 2 rings (SSSR count). The maximum Gasteiger partial charge on any atom is 0.230 e. The topological polar surface area (TPSA) is 68.0 Å². The van der Waals surface area contributed by atoms with Gasteiger partial charge in [-0.05, 0) is 19.4 Å². The molecular weight excluding hydrogens is 258 g/mol. The Hall–Kier alpha value is -1.72. The van der Waals surface area contributed by atoms with E-state index in [2.05, 4.69) is 10.3 Å². The molecular formula is C14H17N3OS. The molecule has 0 radical (unpaired) electrons. The van der Waals surface area contributed by atoms with Gasteiger partial charge in [0.2, 0.25) is 5.91 Å². The van der Waals surface area contributed by atoms with Gasteiger partial charge in [0.15, 0.2) is 5.13 Å². The lowest BCUT2D eigenvalue weighted by molar-refractivity contribution is -0.115. The number of rotatable bonds is 4. The fraction of sp³-hybridized carbons (Fsp3) is 0.286. The van der Waals surface area contributed by atoms with Crippen LogP contribution in [0.2, 0.25) is 0 Å². The van der Waals surface area contributed by atoms with Crippen LogP contribution in [0.15, 0.2) is 29.6 Å². The van der Waals surface area contributed by atoms with E-state index < -0.39 is 0 Å². The molecule has 0 aliphatic rings. The molecule has 3 N–H and O–H groups in total. The molecule has 5 heteroatoms. The standard InChI is InChI=1S/C14H17N3OS/c1-9-4-3-5-11(6-9)7-13(18)17-14-16-12(8-19-14)10(2)15/h3-6,8,10H,7,15H2,1-2H3,(H,16,17,18). The number of nitrogens with zero attached hydrogens (tertiary/aromatic N) is 1. The molecule has 1 aromatic carbocycles. The van der Waals surface area contributed by atoms with Gasteiger partial charge in [-0.1, -0.05) is 29.8 Å². The van der Waals surface area contributed by atoms with E-state index in [1.54, 1.807) is 0 Å². The van der Waals surface area contributed by atoms with Crippen LogP contribution < -0.4 is 11.1 Å². The van der Waals surface area contributed by atoms with Crippen LogP contribution in [0, 0.1) is 6.92 Å². The van der Waals surface area contributed by atoms with Gasteiger partial charge in [0.25, 0.3) is 0 Å². The number of carbonyl (C=O) groups excluding carboxylic acids is 1. The van der Waals surface area contributed by atoms with Crippen molar-refractivity contribution in [3.05, 3.63) is 46.5 Å². The third-order valence-electron chi connectivity index (χ3n) is 2.68. The second kappa shape index (κ2) is 5.95. The van der Waals surface area contributed by atoms with E-state index in [1.807, 2.05) is 43.5 Å². The van der Waals surface area contributed by atoms with Crippen molar-refractivity contribution < 1.29 is 4.79 Å². The molecule has 0 fully saturated rings. The number of amides is 1. The molecule has 2 aromatic rings. The van der Waals surface area contributed by atoms with Crippen LogP contribution in [0.3, 0.4) is 0 Å². The zero-order valence-corrected chi connectivity index (χ0v) is 11.8. The predicted octanol–water partition coefficient (Wildman–Crippen LogP) is 2.65. The number of aromatic nitrogens is 1. The first kappa shape index (κ1) is 13.7. The van der Waals surface area contributed by atoms with Crippen LogP contribution >= 0.6 is 11.3 Å². The fourth-order valence-corrected chi connectivity index (χ4v) is 2.55. The van der Waals surface area contributed by atoms with Gasteiger partial charge in [0, 0.05) is 11.4 Å². The maximum absolute atomic E-state index is 11.9. The maximum atomic E-state index is 11.9. The number of hydrogen-bond donors (Lipinski definition) is 2. The summed E-state index contributed by atoms with van der Waals surface area (Å²) in [6, 6.07) is 7.81. The van der Waals surface area contributed by atoms with E-state index in [0.29, 0.717) is 11.6 Å². The third-order valence-corrected chi connectivity index (χ3v) is 3.46. The average Bonchev–Trinajstić information content (AvgIpc) is 2.77. The molecule has 0 spiro atoms. The molecule has 0 bridgehead atoms. The lowest BCUT2D eigenvalue weighted by atomic mass is 10.1. The van der Waals surface area contributed by atoms with Crippen molar-refractivity contribution in [2.24, 2.45) is 5.73 Å². The van der Waals surface area contributed by atoms with Crippen LogP contribution in [-0.2, 0) is 11.2 Å². The molecule has 1 unspecified atom stereocenters. The Morgan fingerprint density at radius 1 is 1.53 bits per heavy atom. The van der Waals surface area contributed by atoms with E-state index in [1.165, 1.54) is 11.3 Å². The Labute approximate surface area is 116 Å². The minimum Gasteiger partial charge on any atom is -0.323 e. The van der Waals surface area contributed by atoms with Crippen LogP contribution in [0.4, 0.5) is 5.13 Å². The molecule has 19 heavy (non-hydrogen) atoms. The number of aryl methyl sites for hydroxylation is 1. The summed E-state index contributed by atoms with van der Waals surface area (Å²) in [5.41, 5.74) is 8.68. The quantitative estimate of drug-likeness (QED) is 0.901. The normalized spacial score (nSPS) is 12.2. The first-order valence-electron chi connectivity index (χ1n) is 6.11. The van der Waals surface area contributed by atoms with Gasteiger partial charge >= 0.3 is 0 Å². The lowest BCUT2D eigenvalue weighted by Crippen LogP contribution is -2.14. The van der Waals surface area contributed by atoms with E-state index in [0.717, 1.165) is 16.8 Å². The highest BCUT2D eigenvalue weighted by atomic mass is 32.1. The minimum absolute atomic E-state index is 0.0591. The summed E-state index contributed by atoms with van der Waals surface area (Å²) >= 11 is 1.40. The predicted molar refractivity (Wildman–Crippen MR) is 78.2 cm³/mol. The number of nitrogens with two attached hydrogens (primary N) is 1. The van der Waals surface area contributed by atoms with Crippen molar-refractivity contribution in [1.29, 1.82) is 0 Å². The van der Waals surface area contributed by atoms with Gasteiger partial charge in [-0.2, -0.15) is 0 Å². The van der Waals surface area contributed by atoms with Crippen LogP contribution in [0.1, 0.15) is 29.8 Å². The number of anilines is 1. The molecule has 0 aliphatic carbocycles. The largest absolute Gasteiger partial charge is 0.323 e. The molecule has 100 valence electrons. The number of nitrogens with one attached hydrogen (secondary N) is 1. The zero-order valence-electron chi connectivity index (χ0n) is 11.0. The molecule has 1 heterocycles. The molecule has 1 amide bonds. The molecule has 1 atom stereocenters. The summed E-state index contributed by atoms with van der Waals surface area (Å²) in [5, 5.41) is 5.27. The lowest BCUT2D eigenvalue weighted by Gasteiger charge is -2.03. The summed E-state index contributed by atoms with van der Waals surface area (Å²) in [4.78, 5) is 16.2. The van der Waals surface area contributed by atoms with Crippen molar-refractivity contribution in [3.8, 4) is 0 Å². The van der Waals surface area contributed by atoms with E-state index in [-0.39, 0.29) is 11.9 Å². The smallest absolute Gasteiger partial charge is 0.230 e. The number of benzene rings is 1. The Morgan fingerprint density at radius 3 is 2.95 bits per heavy atom. The fourth-order valence-electron chi connectivity index (χ4n) is 1.72. The second-order valence-corrected chi connectivity index (χ2v) is 5.44. The molecule has 1 aromatic heterocycles. The summed E-state index contributed by atoms with van der Waals surface area (Å²) in [6.07, 6.45) is 0.356. The highest BCUT2D eigenvalue weighted by Gasteiger charge is 2.09. The molecule has 0 saturated heterocycles. The Bertz CT molecular complexity index is 578. The van der Waals surface area contributed by atoms with Gasteiger partial charge in [-0.3, -0.25) is 4.79 Å². The Morgan fingerprint density at radius 2 is 2.32 bits per heavy atom. The number of hydrogen-bond acceptors (Lipinski definition) is 4. The van der Waals surface area contributed by atoms with Gasteiger partial charge < -0.3 is 11.1 Å². The molecule has 0 aliphatic heterocycles. The number of carbonyl (C=O) groups is 1.